The van der Waals surface area contributed by atoms with Crippen LogP contribution in [0.5, 0.6) is 0 Å². The Hall–Kier alpha value is -4.88. The molecular formula is C103H154N8O4. The summed E-state index contributed by atoms with van der Waals surface area (Å²) in [4.78, 5) is 0. The molecule has 4 aromatic rings. The molecule has 20 rings (SSSR count). The van der Waals surface area contributed by atoms with Crippen molar-refractivity contribution < 1.29 is 20.4 Å². The molecule has 0 spiro atoms. The number of nitrogens with zero attached hydrogens (tertiary/aromatic N) is 8. The molecule has 14 saturated carbocycles. The van der Waals surface area contributed by atoms with Crippen molar-refractivity contribution in [3.63, 3.8) is 0 Å². The van der Waals surface area contributed by atoms with Gasteiger partial charge in [-0.15, -0.1) is 0 Å². The molecule has 0 bridgehead atoms. The van der Waals surface area contributed by atoms with E-state index >= 15 is 0 Å². The van der Waals surface area contributed by atoms with Crippen LogP contribution < -0.4 is 0 Å². The fourth-order valence-electron chi connectivity index (χ4n) is 33.2. The molecule has 115 heavy (non-hydrogen) atoms. The Morgan fingerprint density at radius 1 is 0.374 bits per heavy atom. The SMILES string of the molecule is C=C(Cn1cccn1)[C@H]1CC[C@H]2[C@@H]3CC=C4C[C@@](O)(CC)CC[C@@H]4[C@H]3CC[C@]12C.C=C(Cn1cccn1)[C@H]1CC[C@H]2[C@@H]3CC=C4C[C@](C)(O)CC[C@@H]4[C@H]3CC[C@]12C.C=C(Cn1cccn1)[C@H]1CC[C@H]2[C@@H]3CC[C@@H]4C[C@](C)(O)[C@H](C)C[C@@H]4[C@H]3CC[C@]12C.C=C(Cn1cccn1)[C@H]1CC[C@H]2[C@@H]3CC[C@H]4C[C@](C)(O)[C@H](C)C[C@@H]4[C@H]3CC[C@]12C. The van der Waals surface area contributed by atoms with Gasteiger partial charge in [0.2, 0.25) is 0 Å². The second-order valence-electron chi connectivity index (χ2n) is 45.0. The zero-order chi connectivity index (χ0) is 80.5. The second kappa shape index (κ2) is 31.9. The van der Waals surface area contributed by atoms with Crippen LogP contribution in [0.1, 0.15) is 281 Å². The number of aromatic nitrogens is 8. The van der Waals surface area contributed by atoms with Gasteiger partial charge in [0, 0.05) is 49.6 Å². The van der Waals surface area contributed by atoms with Gasteiger partial charge in [-0.25, -0.2) is 0 Å². The average molecular weight is 1570 g/mol. The first-order valence-electron chi connectivity index (χ1n) is 47.8. The number of rotatable bonds is 13. The molecule has 32 atom stereocenters. The monoisotopic (exact) mass is 1570 g/mol. The van der Waals surface area contributed by atoms with Gasteiger partial charge >= 0.3 is 0 Å². The minimum atomic E-state index is -0.471. The summed E-state index contributed by atoms with van der Waals surface area (Å²) in [5, 5.41) is 60.8. The molecule has 0 amide bonds. The molecular weight excluding hydrogens is 1410 g/mol. The minimum absolute atomic E-state index is 0.412. The van der Waals surface area contributed by atoms with Crippen molar-refractivity contribution in [1.29, 1.82) is 0 Å². The summed E-state index contributed by atoms with van der Waals surface area (Å²) in [6.45, 7) is 45.0. The third kappa shape index (κ3) is 15.3. The van der Waals surface area contributed by atoms with Crippen molar-refractivity contribution in [3.8, 4) is 0 Å². The Labute approximate surface area is 694 Å². The lowest BCUT2D eigenvalue weighted by molar-refractivity contribution is -0.121. The normalized spacial score (nSPS) is 46.8. The van der Waals surface area contributed by atoms with Gasteiger partial charge in [0.25, 0.3) is 0 Å². The summed E-state index contributed by atoms with van der Waals surface area (Å²) < 4.78 is 8.17. The number of aliphatic hydroxyl groups is 4. The van der Waals surface area contributed by atoms with Crippen LogP contribution in [0.15, 0.2) is 146 Å². The van der Waals surface area contributed by atoms with Gasteiger partial charge in [0.15, 0.2) is 0 Å². The predicted octanol–water partition coefficient (Wildman–Crippen LogP) is 22.6. The van der Waals surface area contributed by atoms with E-state index < -0.39 is 22.4 Å². The van der Waals surface area contributed by atoms with Crippen LogP contribution in [0.3, 0.4) is 0 Å². The standard InChI is InChI=1S/2C26H40N2O.C26H38N2O.C25H36N2O/c2*1-17(16-28-13-5-12-27-28)23-8-9-24-21-7-6-19-15-26(4,29)18(2)14-22(19)20(21)10-11-25(23,24)3;1-4-26(29)13-11-20-19(16-26)6-7-22-21(20)10-12-25(3)23(8-9-24(22)25)18(2)17-28-15-5-14-27-28;1-17(16-27-14-4-13-26-27)22-7-8-23-21-6-5-18-15-24(2,28)11-9-19(18)20(21)10-12-25(22,23)3/h2*5,12-13,18-24,29H,1,6-11,14-16H2,2-4H3;5-6,14-15,20-24,29H,2,4,7-13,16-17H2,1,3H3;4-5,13-14,19-23,28H,1,6-12,15-16H2,2-3H3/t18-,19+,20+,21-,22+,23-,24+,25-,26+;18-,19-,20+,21-,22+,23-,24+,25-,26+;20-,21+,22+,23+,24-,25+,26+;19-,20+,21+,22+,23-,24+,25+/m1100/s1. The summed E-state index contributed by atoms with van der Waals surface area (Å²) in [6, 6.07) is 8.04. The predicted molar refractivity (Wildman–Crippen MR) is 464 cm³/mol. The molecule has 0 aromatic carbocycles. The topological polar surface area (TPSA) is 152 Å². The maximum Gasteiger partial charge on any atom is 0.0682 e. The van der Waals surface area contributed by atoms with Gasteiger partial charge in [-0.3, -0.25) is 18.7 Å². The molecule has 4 N–H and O–H groups in total. The number of hydrogen-bond donors (Lipinski definition) is 4. The molecule has 630 valence electrons. The number of hydrogen-bond acceptors (Lipinski definition) is 8. The number of allylic oxidation sites excluding steroid dienone is 6. The Balaban J connectivity index is 0.000000111. The molecule has 0 radical (unpaired) electrons. The summed E-state index contributed by atoms with van der Waals surface area (Å²) in [5.41, 5.74) is 8.65. The highest BCUT2D eigenvalue weighted by atomic mass is 16.3. The van der Waals surface area contributed by atoms with E-state index in [0.717, 1.165) is 178 Å². The Morgan fingerprint density at radius 3 is 1.04 bits per heavy atom. The van der Waals surface area contributed by atoms with Crippen LogP contribution in [0.25, 0.3) is 0 Å². The first kappa shape index (κ1) is 82.4. The van der Waals surface area contributed by atoms with E-state index in [0.29, 0.717) is 57.2 Å². The van der Waals surface area contributed by atoms with Crippen LogP contribution in [0.4, 0.5) is 0 Å². The maximum atomic E-state index is 10.9. The quantitative estimate of drug-likeness (QED) is 0.0966. The second-order valence-corrected chi connectivity index (χ2v) is 45.0. The van der Waals surface area contributed by atoms with Crippen molar-refractivity contribution in [2.75, 3.05) is 0 Å². The van der Waals surface area contributed by atoms with Crippen molar-refractivity contribution in [3.05, 3.63) is 146 Å². The molecule has 0 aliphatic heterocycles. The molecule has 14 fully saturated rings. The van der Waals surface area contributed by atoms with Crippen LogP contribution in [-0.4, -0.2) is 82.0 Å². The van der Waals surface area contributed by atoms with Gasteiger partial charge in [-0.05, 0) is 421 Å². The van der Waals surface area contributed by atoms with Crippen LogP contribution >= 0.6 is 0 Å². The van der Waals surface area contributed by atoms with E-state index in [9.17, 15) is 20.4 Å². The highest BCUT2D eigenvalue weighted by Crippen LogP contribution is 2.71. The molecule has 0 unspecified atom stereocenters. The summed E-state index contributed by atoms with van der Waals surface area (Å²) in [7, 11) is 0. The summed E-state index contributed by atoms with van der Waals surface area (Å²) >= 11 is 0. The first-order valence-corrected chi connectivity index (χ1v) is 47.8. The minimum Gasteiger partial charge on any atom is -0.390 e. The molecule has 12 nitrogen and oxygen atoms in total. The zero-order valence-electron chi connectivity index (χ0n) is 73.3. The van der Waals surface area contributed by atoms with Gasteiger partial charge in [-0.1, -0.05) is 120 Å². The molecule has 12 heteroatoms. The van der Waals surface area contributed by atoms with Crippen molar-refractivity contribution >= 4 is 0 Å². The Morgan fingerprint density at radius 2 is 0.704 bits per heavy atom. The van der Waals surface area contributed by atoms with E-state index in [1.807, 2.05) is 74.7 Å². The van der Waals surface area contributed by atoms with Gasteiger partial charge < -0.3 is 20.4 Å². The largest absolute Gasteiger partial charge is 0.390 e. The lowest BCUT2D eigenvalue weighted by atomic mass is 9.48. The zero-order valence-corrected chi connectivity index (χ0v) is 73.3. The fourth-order valence-corrected chi connectivity index (χ4v) is 33.2. The average Bonchev–Trinajstić information content (AvgIpc) is 1.63. The molecule has 0 saturated heterocycles. The van der Waals surface area contributed by atoms with Crippen LogP contribution in [0, 0.1) is 164 Å². The molecule has 4 heterocycles. The Kier molecular flexibility index (Phi) is 22.8. The highest BCUT2D eigenvalue weighted by molar-refractivity contribution is 5.27. The van der Waals surface area contributed by atoms with E-state index in [4.69, 9.17) is 0 Å². The van der Waals surface area contributed by atoms with E-state index in [1.165, 1.54) is 189 Å². The van der Waals surface area contributed by atoms with Crippen LogP contribution in [0.2, 0.25) is 0 Å². The third-order valence-electron chi connectivity index (χ3n) is 39.4. The summed E-state index contributed by atoms with van der Waals surface area (Å²) in [5.74, 6) is 18.7. The van der Waals surface area contributed by atoms with Crippen LogP contribution in [-0.2, 0) is 26.2 Å². The van der Waals surface area contributed by atoms with Crippen molar-refractivity contribution in [2.45, 2.75) is 330 Å². The third-order valence-corrected chi connectivity index (χ3v) is 39.4. The van der Waals surface area contributed by atoms with E-state index in [-0.39, 0.29) is 0 Å². The molecule has 16 aliphatic carbocycles. The van der Waals surface area contributed by atoms with Gasteiger partial charge in [0.1, 0.15) is 0 Å². The summed E-state index contributed by atoms with van der Waals surface area (Å²) in [6.07, 6.45) is 62.3. The Bertz CT molecular complexity index is 4000. The van der Waals surface area contributed by atoms with Gasteiger partial charge in [-0.2, -0.15) is 20.4 Å². The lowest BCUT2D eigenvalue weighted by Crippen LogP contribution is -2.52. The maximum absolute atomic E-state index is 10.9. The molecule has 16 aliphatic rings. The fraction of sp³-hybridized carbons (Fsp3) is 0.767. The van der Waals surface area contributed by atoms with E-state index in [1.54, 1.807) is 11.1 Å². The van der Waals surface area contributed by atoms with Crippen molar-refractivity contribution in [1.82, 2.24) is 39.1 Å². The van der Waals surface area contributed by atoms with Crippen molar-refractivity contribution in [2.24, 2.45) is 164 Å². The van der Waals surface area contributed by atoms with E-state index in [2.05, 4.69) is 146 Å². The highest BCUT2D eigenvalue weighted by Gasteiger charge is 2.63. The smallest absolute Gasteiger partial charge is 0.0682 e. The first-order chi connectivity index (χ1) is 54.9. The molecule has 4 aromatic heterocycles. The van der Waals surface area contributed by atoms with Gasteiger partial charge in [0.05, 0.1) is 48.6 Å². The number of fused-ring (bicyclic) bond motifs is 20. The lowest BCUT2D eigenvalue weighted by Gasteiger charge is -2.58.